The molecule has 0 saturated heterocycles. The minimum Gasteiger partial charge on any atom is -0.275 e. The first-order chi connectivity index (χ1) is 7.13. The highest BCUT2D eigenvalue weighted by molar-refractivity contribution is 5.75. The van der Waals surface area contributed by atoms with E-state index in [4.69, 9.17) is 4.84 Å². The van der Waals surface area contributed by atoms with Crippen LogP contribution in [0.2, 0.25) is 0 Å². The molecule has 0 bridgehead atoms. The van der Waals surface area contributed by atoms with Gasteiger partial charge in [0.2, 0.25) is 5.91 Å². The lowest BCUT2D eigenvalue weighted by atomic mass is 10.1. The first kappa shape index (κ1) is 11.7. The lowest BCUT2D eigenvalue weighted by Gasteiger charge is -2.13. The van der Waals surface area contributed by atoms with Crippen molar-refractivity contribution in [1.29, 1.82) is 0 Å². The van der Waals surface area contributed by atoms with Crippen molar-refractivity contribution in [2.24, 2.45) is 0 Å². The molecule has 1 aromatic carbocycles. The van der Waals surface area contributed by atoms with Crippen molar-refractivity contribution in [2.75, 3.05) is 14.2 Å². The Morgan fingerprint density at radius 3 is 2.87 bits per heavy atom. The number of carbonyl (C=O) groups is 1. The van der Waals surface area contributed by atoms with Crippen molar-refractivity contribution < 1.29 is 14.0 Å². The molecule has 0 aliphatic rings. The Hall–Kier alpha value is -1.42. The van der Waals surface area contributed by atoms with Gasteiger partial charge in [-0.15, -0.1) is 0 Å². The highest BCUT2D eigenvalue weighted by Crippen LogP contribution is 2.07. The molecule has 15 heavy (non-hydrogen) atoms. The minimum absolute atomic E-state index is 0.123. The van der Waals surface area contributed by atoms with Gasteiger partial charge in [-0.3, -0.25) is 9.63 Å². The number of rotatable bonds is 4. The van der Waals surface area contributed by atoms with Gasteiger partial charge in [-0.1, -0.05) is 12.1 Å². The zero-order valence-electron chi connectivity index (χ0n) is 8.87. The molecule has 0 aromatic heterocycles. The predicted octanol–water partition coefficient (Wildman–Crippen LogP) is 1.78. The topological polar surface area (TPSA) is 29.5 Å². The molecule has 0 aliphatic heterocycles. The molecule has 1 rings (SSSR count). The maximum Gasteiger partial charge on any atom is 0.246 e. The third-order valence-electron chi connectivity index (χ3n) is 2.14. The lowest BCUT2D eigenvalue weighted by molar-refractivity contribution is -0.168. The fourth-order valence-corrected chi connectivity index (χ4v) is 1.20. The van der Waals surface area contributed by atoms with Crippen molar-refractivity contribution in [2.45, 2.75) is 12.8 Å². The normalized spacial score (nSPS) is 10.1. The molecule has 82 valence electrons. The number of hydrogen-bond donors (Lipinski definition) is 0. The van der Waals surface area contributed by atoms with Gasteiger partial charge in [0, 0.05) is 13.5 Å². The van der Waals surface area contributed by atoms with Gasteiger partial charge in [0.15, 0.2) is 0 Å². The predicted molar refractivity (Wildman–Crippen MR) is 54.5 cm³/mol. The second-order valence-electron chi connectivity index (χ2n) is 3.20. The maximum absolute atomic E-state index is 12.8. The Morgan fingerprint density at radius 1 is 1.53 bits per heavy atom. The van der Waals surface area contributed by atoms with E-state index in [-0.39, 0.29) is 11.7 Å². The molecule has 4 heteroatoms. The number of hydrogen-bond acceptors (Lipinski definition) is 2. The number of halogens is 1. The molecule has 0 heterocycles. The van der Waals surface area contributed by atoms with E-state index in [1.807, 2.05) is 0 Å². The van der Waals surface area contributed by atoms with Crippen molar-refractivity contribution in [3.63, 3.8) is 0 Å². The fourth-order valence-electron chi connectivity index (χ4n) is 1.20. The molecule has 0 radical (unpaired) electrons. The standard InChI is InChI=1S/C11H14FNO2/c1-13(15-2)11(14)7-6-9-4-3-5-10(12)8-9/h3-5,8H,6-7H2,1-2H3. The van der Waals surface area contributed by atoms with Gasteiger partial charge in [0.25, 0.3) is 0 Å². The van der Waals surface area contributed by atoms with Crippen LogP contribution in [0.4, 0.5) is 4.39 Å². The summed E-state index contributed by atoms with van der Waals surface area (Å²) in [7, 11) is 2.98. The van der Waals surface area contributed by atoms with Gasteiger partial charge >= 0.3 is 0 Å². The van der Waals surface area contributed by atoms with Crippen molar-refractivity contribution in [1.82, 2.24) is 5.06 Å². The summed E-state index contributed by atoms with van der Waals surface area (Å²) < 4.78 is 12.8. The van der Waals surface area contributed by atoms with Crippen molar-refractivity contribution in [3.05, 3.63) is 35.6 Å². The molecule has 0 spiro atoms. The van der Waals surface area contributed by atoms with Crippen LogP contribution in [0, 0.1) is 5.82 Å². The summed E-state index contributed by atoms with van der Waals surface area (Å²) in [5.74, 6) is -0.401. The van der Waals surface area contributed by atoms with E-state index < -0.39 is 0 Å². The molecule has 0 fully saturated rings. The van der Waals surface area contributed by atoms with Crippen LogP contribution in [-0.4, -0.2) is 25.1 Å². The second-order valence-corrected chi connectivity index (χ2v) is 3.20. The molecule has 0 aliphatic carbocycles. The number of hydroxylamine groups is 2. The Kier molecular flexibility index (Phi) is 4.24. The summed E-state index contributed by atoms with van der Waals surface area (Å²) in [6.45, 7) is 0. The Bertz CT molecular complexity index is 341. The summed E-state index contributed by atoms with van der Waals surface area (Å²) in [6, 6.07) is 6.24. The van der Waals surface area contributed by atoms with Crippen molar-refractivity contribution in [3.8, 4) is 0 Å². The van der Waals surface area contributed by atoms with Gasteiger partial charge in [-0.2, -0.15) is 0 Å². The summed E-state index contributed by atoms with van der Waals surface area (Å²) >= 11 is 0. The third-order valence-corrected chi connectivity index (χ3v) is 2.14. The SMILES string of the molecule is CON(C)C(=O)CCc1cccc(F)c1. The van der Waals surface area contributed by atoms with Crippen LogP contribution < -0.4 is 0 Å². The van der Waals surface area contributed by atoms with E-state index >= 15 is 0 Å². The minimum atomic E-state index is -0.278. The smallest absolute Gasteiger partial charge is 0.246 e. The number of carbonyl (C=O) groups excluding carboxylic acids is 1. The Labute approximate surface area is 88.4 Å². The molecule has 3 nitrogen and oxygen atoms in total. The van der Waals surface area contributed by atoms with Crippen LogP contribution in [0.15, 0.2) is 24.3 Å². The average Bonchev–Trinajstić information content (AvgIpc) is 2.25. The van der Waals surface area contributed by atoms with Crippen LogP contribution in [0.1, 0.15) is 12.0 Å². The highest BCUT2D eigenvalue weighted by atomic mass is 19.1. The number of amides is 1. The van der Waals surface area contributed by atoms with Gasteiger partial charge in [0.05, 0.1) is 7.11 Å². The number of aryl methyl sites for hydroxylation is 1. The molecule has 1 aromatic rings. The molecule has 0 N–H and O–H groups in total. The lowest BCUT2D eigenvalue weighted by Crippen LogP contribution is -2.25. The van der Waals surface area contributed by atoms with E-state index in [9.17, 15) is 9.18 Å². The fraction of sp³-hybridized carbons (Fsp3) is 0.364. The number of nitrogens with zero attached hydrogens (tertiary/aromatic N) is 1. The van der Waals surface area contributed by atoms with E-state index in [0.29, 0.717) is 12.8 Å². The Morgan fingerprint density at radius 2 is 2.27 bits per heavy atom. The van der Waals surface area contributed by atoms with E-state index in [0.717, 1.165) is 5.56 Å². The summed E-state index contributed by atoms with van der Waals surface area (Å²) in [5.41, 5.74) is 0.813. The van der Waals surface area contributed by atoms with Crippen LogP contribution in [0.5, 0.6) is 0 Å². The third kappa shape index (κ3) is 3.67. The summed E-state index contributed by atoms with van der Waals surface area (Å²) in [4.78, 5) is 16.1. The first-order valence-electron chi connectivity index (χ1n) is 4.68. The molecule has 0 saturated carbocycles. The van der Waals surface area contributed by atoms with E-state index in [1.54, 1.807) is 19.2 Å². The van der Waals surface area contributed by atoms with E-state index in [2.05, 4.69) is 0 Å². The molecule has 0 unspecified atom stereocenters. The zero-order valence-corrected chi connectivity index (χ0v) is 8.87. The molecular formula is C11H14FNO2. The van der Waals surface area contributed by atoms with Gasteiger partial charge in [0.1, 0.15) is 5.82 Å². The van der Waals surface area contributed by atoms with Gasteiger partial charge in [-0.25, -0.2) is 9.45 Å². The van der Waals surface area contributed by atoms with Crippen molar-refractivity contribution >= 4 is 5.91 Å². The second kappa shape index (κ2) is 5.46. The summed E-state index contributed by atoms with van der Waals surface area (Å²) in [6.07, 6.45) is 0.831. The first-order valence-corrected chi connectivity index (χ1v) is 4.68. The van der Waals surface area contributed by atoms with Crippen LogP contribution in [-0.2, 0) is 16.1 Å². The van der Waals surface area contributed by atoms with Crippen LogP contribution in [0.3, 0.4) is 0 Å². The monoisotopic (exact) mass is 211 g/mol. The van der Waals surface area contributed by atoms with Crippen LogP contribution in [0.25, 0.3) is 0 Å². The molecular weight excluding hydrogens is 197 g/mol. The van der Waals surface area contributed by atoms with E-state index in [1.165, 1.54) is 24.3 Å². The van der Waals surface area contributed by atoms with Gasteiger partial charge in [-0.05, 0) is 24.1 Å². The average molecular weight is 211 g/mol. The quantitative estimate of drug-likeness (QED) is 0.710. The van der Waals surface area contributed by atoms with Gasteiger partial charge < -0.3 is 0 Å². The van der Waals surface area contributed by atoms with Crippen LogP contribution >= 0.6 is 0 Å². The molecule has 0 atom stereocenters. The largest absolute Gasteiger partial charge is 0.275 e. The molecule has 1 amide bonds. The zero-order chi connectivity index (χ0) is 11.3. The maximum atomic E-state index is 12.8. The Balaban J connectivity index is 2.47. The highest BCUT2D eigenvalue weighted by Gasteiger charge is 2.07. The number of benzene rings is 1. The summed E-state index contributed by atoms with van der Waals surface area (Å²) in [5, 5.41) is 1.17.